The molecule has 0 radical (unpaired) electrons. The topological polar surface area (TPSA) is 63.4 Å². The Kier molecular flexibility index (Phi) is 4.42. The molecule has 0 saturated carbocycles. The van der Waals surface area contributed by atoms with E-state index < -0.39 is 10.0 Å². The van der Waals surface area contributed by atoms with Crippen molar-refractivity contribution in [1.29, 1.82) is 0 Å². The van der Waals surface area contributed by atoms with Crippen molar-refractivity contribution in [3.8, 4) is 0 Å². The van der Waals surface area contributed by atoms with Gasteiger partial charge in [-0.05, 0) is 36.8 Å². The minimum absolute atomic E-state index is 0.0139. The third-order valence-corrected chi connectivity index (χ3v) is 6.18. The second-order valence-corrected chi connectivity index (χ2v) is 8.80. The third-order valence-electron chi connectivity index (χ3n) is 3.96. The van der Waals surface area contributed by atoms with Crippen LogP contribution < -0.4 is 5.73 Å². The van der Waals surface area contributed by atoms with Crippen LogP contribution in [0.3, 0.4) is 0 Å². The molecule has 1 heterocycles. The zero-order chi connectivity index (χ0) is 15.8. The third kappa shape index (κ3) is 3.44. The SMILES string of the molecule is Cc1ccc(C(N)=S)cc1S(=O)(=O)N1CCCC(C)(C)C1. The highest BCUT2D eigenvalue weighted by atomic mass is 32.2. The van der Waals surface area contributed by atoms with Gasteiger partial charge in [0.05, 0.1) is 4.90 Å². The summed E-state index contributed by atoms with van der Waals surface area (Å²) >= 11 is 4.95. The highest BCUT2D eigenvalue weighted by Gasteiger charge is 2.34. The first-order chi connectivity index (χ1) is 9.63. The predicted molar refractivity (Wildman–Crippen MR) is 88.8 cm³/mol. The van der Waals surface area contributed by atoms with Crippen LogP contribution >= 0.6 is 12.2 Å². The molecule has 1 aliphatic heterocycles. The van der Waals surface area contributed by atoms with E-state index in [1.165, 1.54) is 0 Å². The maximum absolute atomic E-state index is 12.9. The van der Waals surface area contributed by atoms with E-state index >= 15 is 0 Å². The first kappa shape index (κ1) is 16.4. The van der Waals surface area contributed by atoms with Crippen LogP contribution in [0, 0.1) is 12.3 Å². The summed E-state index contributed by atoms with van der Waals surface area (Å²) in [5, 5.41) is 0. The van der Waals surface area contributed by atoms with E-state index in [1.54, 1.807) is 29.4 Å². The molecule has 1 aromatic carbocycles. The molecule has 1 fully saturated rings. The molecule has 0 aromatic heterocycles. The lowest BCUT2D eigenvalue weighted by Crippen LogP contribution is -2.43. The van der Waals surface area contributed by atoms with E-state index in [9.17, 15) is 8.42 Å². The normalized spacial score (nSPS) is 19.4. The van der Waals surface area contributed by atoms with Crippen LogP contribution in [0.1, 0.15) is 37.8 Å². The van der Waals surface area contributed by atoms with Gasteiger partial charge in [0.25, 0.3) is 0 Å². The Balaban J connectivity index is 2.44. The fourth-order valence-electron chi connectivity index (χ4n) is 2.74. The van der Waals surface area contributed by atoms with E-state index in [-0.39, 0.29) is 10.4 Å². The minimum atomic E-state index is -3.50. The molecule has 0 bridgehead atoms. The monoisotopic (exact) mass is 326 g/mol. The molecule has 2 N–H and O–H groups in total. The van der Waals surface area contributed by atoms with Gasteiger partial charge in [-0.15, -0.1) is 0 Å². The average molecular weight is 326 g/mol. The van der Waals surface area contributed by atoms with Crippen molar-refractivity contribution in [3.63, 3.8) is 0 Å². The van der Waals surface area contributed by atoms with Gasteiger partial charge in [0, 0.05) is 18.7 Å². The van der Waals surface area contributed by atoms with Crippen LogP contribution in [-0.2, 0) is 10.0 Å². The second kappa shape index (κ2) is 5.66. The minimum Gasteiger partial charge on any atom is -0.389 e. The maximum atomic E-state index is 12.9. The van der Waals surface area contributed by atoms with Crippen LogP contribution in [0.15, 0.2) is 23.1 Å². The van der Waals surface area contributed by atoms with Gasteiger partial charge < -0.3 is 5.73 Å². The molecule has 2 rings (SSSR count). The van der Waals surface area contributed by atoms with Crippen molar-refractivity contribution in [1.82, 2.24) is 4.31 Å². The van der Waals surface area contributed by atoms with Gasteiger partial charge in [0.15, 0.2) is 0 Å². The Labute approximate surface area is 132 Å². The summed E-state index contributed by atoms with van der Waals surface area (Å²) < 4.78 is 27.4. The van der Waals surface area contributed by atoms with Crippen LogP contribution in [0.5, 0.6) is 0 Å². The number of hydrogen-bond acceptors (Lipinski definition) is 3. The van der Waals surface area contributed by atoms with Crippen molar-refractivity contribution in [2.45, 2.75) is 38.5 Å². The molecule has 1 saturated heterocycles. The van der Waals surface area contributed by atoms with Gasteiger partial charge in [-0.3, -0.25) is 0 Å². The molecule has 0 unspecified atom stereocenters. The number of thiocarbonyl (C=S) groups is 1. The largest absolute Gasteiger partial charge is 0.389 e. The van der Waals surface area contributed by atoms with Crippen molar-refractivity contribution in [3.05, 3.63) is 29.3 Å². The van der Waals surface area contributed by atoms with Crippen LogP contribution in [0.2, 0.25) is 0 Å². The molecule has 0 aliphatic carbocycles. The first-order valence-corrected chi connectivity index (χ1v) is 8.89. The number of aryl methyl sites for hydroxylation is 1. The lowest BCUT2D eigenvalue weighted by molar-refractivity contribution is 0.187. The number of sulfonamides is 1. The van der Waals surface area contributed by atoms with Crippen molar-refractivity contribution >= 4 is 27.2 Å². The Morgan fingerprint density at radius 3 is 2.62 bits per heavy atom. The lowest BCUT2D eigenvalue weighted by Gasteiger charge is -2.37. The molecule has 0 spiro atoms. The first-order valence-electron chi connectivity index (χ1n) is 7.04. The van der Waals surface area contributed by atoms with Gasteiger partial charge >= 0.3 is 0 Å². The average Bonchev–Trinajstić information content (AvgIpc) is 2.37. The van der Waals surface area contributed by atoms with E-state index in [1.807, 2.05) is 0 Å². The quantitative estimate of drug-likeness (QED) is 0.867. The number of nitrogens with zero attached hydrogens (tertiary/aromatic N) is 1. The number of piperidine rings is 1. The maximum Gasteiger partial charge on any atom is 0.243 e. The molecule has 0 atom stereocenters. The summed E-state index contributed by atoms with van der Waals surface area (Å²) in [5.74, 6) is 0. The van der Waals surface area contributed by atoms with Crippen molar-refractivity contribution < 1.29 is 8.42 Å². The van der Waals surface area contributed by atoms with Gasteiger partial charge in [-0.25, -0.2) is 8.42 Å². The van der Waals surface area contributed by atoms with E-state index in [0.29, 0.717) is 23.5 Å². The Bertz CT molecular complexity index is 666. The number of nitrogens with two attached hydrogens (primary N) is 1. The van der Waals surface area contributed by atoms with E-state index in [4.69, 9.17) is 18.0 Å². The van der Waals surface area contributed by atoms with Crippen molar-refractivity contribution in [2.24, 2.45) is 11.1 Å². The molecule has 21 heavy (non-hydrogen) atoms. The van der Waals surface area contributed by atoms with Gasteiger partial charge in [-0.2, -0.15) is 4.31 Å². The van der Waals surface area contributed by atoms with Crippen LogP contribution in [-0.4, -0.2) is 30.8 Å². The number of rotatable bonds is 3. The molecular weight excluding hydrogens is 304 g/mol. The second-order valence-electron chi connectivity index (χ2n) is 6.45. The van der Waals surface area contributed by atoms with E-state index in [0.717, 1.165) is 18.4 Å². The molecule has 1 aliphatic rings. The summed E-state index contributed by atoms with van der Waals surface area (Å²) in [6.45, 7) is 7.12. The highest BCUT2D eigenvalue weighted by molar-refractivity contribution is 7.89. The molecule has 0 amide bonds. The Hall–Kier alpha value is -0.980. The predicted octanol–water partition coefficient (Wildman–Crippen LogP) is 2.44. The van der Waals surface area contributed by atoms with Crippen molar-refractivity contribution in [2.75, 3.05) is 13.1 Å². The Morgan fingerprint density at radius 1 is 1.38 bits per heavy atom. The zero-order valence-corrected chi connectivity index (χ0v) is 14.4. The molecule has 6 heteroatoms. The molecular formula is C15H22N2O2S2. The number of benzene rings is 1. The smallest absolute Gasteiger partial charge is 0.243 e. The molecule has 116 valence electrons. The van der Waals surface area contributed by atoms with Crippen LogP contribution in [0.4, 0.5) is 0 Å². The molecule has 1 aromatic rings. The zero-order valence-electron chi connectivity index (χ0n) is 12.7. The van der Waals surface area contributed by atoms with Crippen LogP contribution in [0.25, 0.3) is 0 Å². The fourth-order valence-corrected chi connectivity index (χ4v) is 4.79. The number of hydrogen-bond donors (Lipinski definition) is 1. The lowest BCUT2D eigenvalue weighted by atomic mass is 9.85. The summed E-state index contributed by atoms with van der Waals surface area (Å²) in [4.78, 5) is 0.524. The van der Waals surface area contributed by atoms with Gasteiger partial charge in [0.2, 0.25) is 10.0 Å². The summed E-state index contributed by atoms with van der Waals surface area (Å²) in [6, 6.07) is 5.11. The fraction of sp³-hybridized carbons (Fsp3) is 0.533. The Morgan fingerprint density at radius 2 is 2.05 bits per heavy atom. The van der Waals surface area contributed by atoms with E-state index in [2.05, 4.69) is 13.8 Å². The highest BCUT2D eigenvalue weighted by Crippen LogP contribution is 2.32. The summed E-state index contributed by atoms with van der Waals surface area (Å²) in [5.41, 5.74) is 6.94. The molecule has 4 nitrogen and oxygen atoms in total. The summed E-state index contributed by atoms with van der Waals surface area (Å²) in [6.07, 6.45) is 1.94. The van der Waals surface area contributed by atoms with Gasteiger partial charge in [-0.1, -0.05) is 38.2 Å². The van der Waals surface area contributed by atoms with Gasteiger partial charge in [0.1, 0.15) is 4.99 Å². The summed E-state index contributed by atoms with van der Waals surface area (Å²) in [7, 11) is -3.50. The standard InChI is InChI=1S/C15H22N2O2S2/c1-11-5-6-12(14(16)20)9-13(11)21(18,19)17-8-4-7-15(2,3)10-17/h5-6,9H,4,7-8,10H2,1-3H3,(H2,16,20).